The zero-order valence-corrected chi connectivity index (χ0v) is 11.5. The number of nitrogens with one attached hydrogen (secondary N) is 1. The summed E-state index contributed by atoms with van der Waals surface area (Å²) in [5.74, 6) is 0. The standard InChI is InChI=1S/C13H29N3/c1-5-6-12(2)14-11-13(3)16-9-7-15(4)8-10-16/h12-14H,5-11H2,1-4H3. The molecule has 1 N–H and O–H groups in total. The average molecular weight is 227 g/mol. The van der Waals surface area contributed by atoms with E-state index in [-0.39, 0.29) is 0 Å². The first-order chi connectivity index (χ1) is 7.63. The van der Waals surface area contributed by atoms with E-state index in [2.05, 4.69) is 42.9 Å². The predicted molar refractivity (Wildman–Crippen MR) is 70.9 cm³/mol. The topological polar surface area (TPSA) is 18.5 Å². The van der Waals surface area contributed by atoms with Crippen LogP contribution in [0.15, 0.2) is 0 Å². The first-order valence-corrected chi connectivity index (χ1v) is 6.79. The molecule has 1 rings (SSSR count). The summed E-state index contributed by atoms with van der Waals surface area (Å²) in [5.41, 5.74) is 0. The van der Waals surface area contributed by atoms with Gasteiger partial charge in [0.2, 0.25) is 0 Å². The third kappa shape index (κ3) is 4.81. The summed E-state index contributed by atoms with van der Waals surface area (Å²) in [6, 6.07) is 1.34. The van der Waals surface area contributed by atoms with Gasteiger partial charge < -0.3 is 10.2 Å². The van der Waals surface area contributed by atoms with E-state index >= 15 is 0 Å². The molecule has 0 bridgehead atoms. The minimum Gasteiger partial charge on any atom is -0.313 e. The van der Waals surface area contributed by atoms with Crippen LogP contribution in [0.25, 0.3) is 0 Å². The molecule has 0 aromatic rings. The lowest BCUT2D eigenvalue weighted by molar-refractivity contribution is 0.116. The van der Waals surface area contributed by atoms with Crippen molar-refractivity contribution < 1.29 is 0 Å². The second-order valence-corrected chi connectivity index (χ2v) is 5.29. The van der Waals surface area contributed by atoms with E-state index in [0.29, 0.717) is 12.1 Å². The molecular weight excluding hydrogens is 198 g/mol. The summed E-state index contributed by atoms with van der Waals surface area (Å²) in [6.45, 7) is 12.9. The minimum absolute atomic E-state index is 0.667. The number of likely N-dealkylation sites (N-methyl/N-ethyl adjacent to an activating group) is 1. The molecule has 16 heavy (non-hydrogen) atoms. The molecule has 1 saturated heterocycles. The van der Waals surface area contributed by atoms with E-state index in [1.807, 2.05) is 0 Å². The van der Waals surface area contributed by atoms with Gasteiger partial charge in [0, 0.05) is 44.8 Å². The molecule has 0 saturated carbocycles. The second kappa shape index (κ2) is 7.25. The minimum atomic E-state index is 0.667. The Labute approximate surface area is 101 Å². The normalized spacial score (nSPS) is 23.2. The van der Waals surface area contributed by atoms with Gasteiger partial charge in [-0.2, -0.15) is 0 Å². The number of nitrogens with zero attached hydrogens (tertiary/aromatic N) is 2. The van der Waals surface area contributed by atoms with Crippen molar-refractivity contribution in [2.75, 3.05) is 39.8 Å². The van der Waals surface area contributed by atoms with E-state index in [4.69, 9.17) is 0 Å². The van der Waals surface area contributed by atoms with E-state index in [0.717, 1.165) is 6.54 Å². The van der Waals surface area contributed by atoms with Gasteiger partial charge in [-0.1, -0.05) is 13.3 Å². The van der Waals surface area contributed by atoms with E-state index in [9.17, 15) is 0 Å². The lowest BCUT2D eigenvalue weighted by Gasteiger charge is -2.37. The molecule has 0 aromatic carbocycles. The van der Waals surface area contributed by atoms with Gasteiger partial charge in [0.05, 0.1) is 0 Å². The van der Waals surface area contributed by atoms with E-state index in [1.165, 1.54) is 39.0 Å². The van der Waals surface area contributed by atoms with Crippen LogP contribution >= 0.6 is 0 Å². The number of piperazine rings is 1. The average Bonchev–Trinajstić information content (AvgIpc) is 2.27. The maximum atomic E-state index is 3.64. The van der Waals surface area contributed by atoms with Crippen LogP contribution in [-0.2, 0) is 0 Å². The summed E-state index contributed by atoms with van der Waals surface area (Å²) in [5, 5.41) is 3.64. The second-order valence-electron chi connectivity index (χ2n) is 5.29. The van der Waals surface area contributed by atoms with Crippen LogP contribution in [-0.4, -0.2) is 61.7 Å². The highest BCUT2D eigenvalue weighted by Crippen LogP contribution is 2.04. The summed E-state index contributed by atoms with van der Waals surface area (Å²) in [6.07, 6.45) is 2.56. The van der Waals surface area contributed by atoms with Gasteiger partial charge in [-0.15, -0.1) is 0 Å². The molecular formula is C13H29N3. The highest BCUT2D eigenvalue weighted by atomic mass is 15.3. The Balaban J connectivity index is 2.16. The quantitative estimate of drug-likeness (QED) is 0.740. The fourth-order valence-electron chi connectivity index (χ4n) is 2.30. The van der Waals surface area contributed by atoms with Gasteiger partial charge in [0.25, 0.3) is 0 Å². The molecule has 1 heterocycles. The zero-order valence-electron chi connectivity index (χ0n) is 11.5. The molecule has 0 aliphatic carbocycles. The maximum absolute atomic E-state index is 3.64. The Bertz CT molecular complexity index is 176. The van der Waals surface area contributed by atoms with E-state index in [1.54, 1.807) is 0 Å². The van der Waals surface area contributed by atoms with Crippen LogP contribution < -0.4 is 5.32 Å². The highest BCUT2D eigenvalue weighted by molar-refractivity contribution is 4.76. The van der Waals surface area contributed by atoms with Gasteiger partial charge in [0.1, 0.15) is 0 Å². The Kier molecular flexibility index (Phi) is 6.32. The Morgan fingerprint density at radius 3 is 2.31 bits per heavy atom. The molecule has 96 valence electrons. The van der Waals surface area contributed by atoms with Crippen molar-refractivity contribution in [1.29, 1.82) is 0 Å². The smallest absolute Gasteiger partial charge is 0.0193 e. The van der Waals surface area contributed by atoms with Crippen LogP contribution in [0.5, 0.6) is 0 Å². The Morgan fingerprint density at radius 2 is 1.75 bits per heavy atom. The molecule has 2 unspecified atom stereocenters. The molecule has 3 nitrogen and oxygen atoms in total. The van der Waals surface area contributed by atoms with Crippen LogP contribution in [0, 0.1) is 0 Å². The largest absolute Gasteiger partial charge is 0.313 e. The number of rotatable bonds is 6. The van der Waals surface area contributed by atoms with Crippen molar-refractivity contribution in [3.8, 4) is 0 Å². The molecule has 3 heteroatoms. The first-order valence-electron chi connectivity index (χ1n) is 6.79. The van der Waals surface area contributed by atoms with Crippen LogP contribution in [0.3, 0.4) is 0 Å². The fraction of sp³-hybridized carbons (Fsp3) is 1.00. The third-order valence-corrected chi connectivity index (χ3v) is 3.64. The fourth-order valence-corrected chi connectivity index (χ4v) is 2.30. The third-order valence-electron chi connectivity index (χ3n) is 3.64. The van der Waals surface area contributed by atoms with Crippen molar-refractivity contribution in [1.82, 2.24) is 15.1 Å². The van der Waals surface area contributed by atoms with Crippen molar-refractivity contribution >= 4 is 0 Å². The van der Waals surface area contributed by atoms with Crippen molar-refractivity contribution in [3.63, 3.8) is 0 Å². The predicted octanol–water partition coefficient (Wildman–Crippen LogP) is 1.40. The molecule has 2 atom stereocenters. The molecule has 0 spiro atoms. The summed E-state index contributed by atoms with van der Waals surface area (Å²) >= 11 is 0. The van der Waals surface area contributed by atoms with Crippen LogP contribution in [0.2, 0.25) is 0 Å². The summed E-state index contributed by atoms with van der Waals surface area (Å²) < 4.78 is 0. The molecule has 0 radical (unpaired) electrons. The van der Waals surface area contributed by atoms with Gasteiger partial charge in [-0.3, -0.25) is 4.90 Å². The van der Waals surface area contributed by atoms with E-state index < -0.39 is 0 Å². The molecule has 0 aromatic heterocycles. The van der Waals surface area contributed by atoms with Gasteiger partial charge in [-0.25, -0.2) is 0 Å². The highest BCUT2D eigenvalue weighted by Gasteiger charge is 2.18. The van der Waals surface area contributed by atoms with Gasteiger partial charge in [0.15, 0.2) is 0 Å². The van der Waals surface area contributed by atoms with Gasteiger partial charge in [-0.05, 0) is 27.3 Å². The van der Waals surface area contributed by atoms with Gasteiger partial charge >= 0.3 is 0 Å². The lowest BCUT2D eigenvalue weighted by atomic mass is 10.1. The Morgan fingerprint density at radius 1 is 1.12 bits per heavy atom. The van der Waals surface area contributed by atoms with Crippen molar-refractivity contribution in [2.24, 2.45) is 0 Å². The van der Waals surface area contributed by atoms with Crippen molar-refractivity contribution in [2.45, 2.75) is 45.7 Å². The molecule has 1 aliphatic heterocycles. The maximum Gasteiger partial charge on any atom is 0.0193 e. The van der Waals surface area contributed by atoms with Crippen LogP contribution in [0.1, 0.15) is 33.6 Å². The SMILES string of the molecule is CCCC(C)NCC(C)N1CCN(C)CC1. The zero-order chi connectivity index (χ0) is 12.0. The molecule has 1 fully saturated rings. The van der Waals surface area contributed by atoms with Crippen molar-refractivity contribution in [3.05, 3.63) is 0 Å². The number of hydrogen-bond donors (Lipinski definition) is 1. The molecule has 0 amide bonds. The summed E-state index contributed by atoms with van der Waals surface area (Å²) in [4.78, 5) is 5.02. The number of hydrogen-bond acceptors (Lipinski definition) is 3. The molecule has 1 aliphatic rings. The van der Waals surface area contributed by atoms with Crippen LogP contribution in [0.4, 0.5) is 0 Å². The summed E-state index contributed by atoms with van der Waals surface area (Å²) in [7, 11) is 2.21. The monoisotopic (exact) mass is 227 g/mol. The Hall–Kier alpha value is -0.120. The first kappa shape index (κ1) is 13.9. The lowest BCUT2D eigenvalue weighted by Crippen LogP contribution is -2.51.